The predicted octanol–water partition coefficient (Wildman–Crippen LogP) is 2.74. The van der Waals surface area contributed by atoms with Crippen LogP contribution in [0, 0.1) is 0 Å². The summed E-state index contributed by atoms with van der Waals surface area (Å²) in [4.78, 5) is 13.5. The van der Waals surface area contributed by atoms with Crippen LogP contribution < -0.4 is 9.46 Å². The summed E-state index contributed by atoms with van der Waals surface area (Å²) in [5, 5.41) is 10.2. The average Bonchev–Trinajstić information content (AvgIpc) is 3.02. The minimum Gasteiger partial charge on any atom is -0.457 e. The van der Waals surface area contributed by atoms with Crippen molar-refractivity contribution in [1.82, 2.24) is 9.62 Å². The van der Waals surface area contributed by atoms with Crippen molar-refractivity contribution in [3.8, 4) is 11.5 Å². The molecule has 3 rings (SSSR count). The minimum atomic E-state index is -3.89. The van der Waals surface area contributed by atoms with E-state index in [1.807, 2.05) is 18.2 Å². The van der Waals surface area contributed by atoms with Crippen LogP contribution in [0.25, 0.3) is 0 Å². The smallest absolute Gasteiger partial charge is 0.410 e. The SMILES string of the molecule is CC(C)(C)OC(=O)N1CC(O)C(NS(=O)(=O)c2ccc(Oc3ccccc3)cc2)C1. The van der Waals surface area contributed by atoms with Gasteiger partial charge in [0.15, 0.2) is 0 Å². The highest BCUT2D eigenvalue weighted by atomic mass is 32.2. The number of hydrogen-bond donors (Lipinski definition) is 2. The van der Waals surface area contributed by atoms with E-state index in [0.29, 0.717) is 11.5 Å². The zero-order valence-corrected chi connectivity index (χ0v) is 17.9. The van der Waals surface area contributed by atoms with Crippen molar-refractivity contribution in [3.63, 3.8) is 0 Å². The fourth-order valence-electron chi connectivity index (χ4n) is 2.96. The molecule has 1 saturated heterocycles. The number of para-hydroxylation sites is 1. The van der Waals surface area contributed by atoms with Gasteiger partial charge >= 0.3 is 6.09 Å². The predicted molar refractivity (Wildman–Crippen MR) is 111 cm³/mol. The summed E-state index contributed by atoms with van der Waals surface area (Å²) in [6.07, 6.45) is -1.63. The number of β-amino-alcohol motifs (C(OH)–C–C–N with tert-alkyl or cyclic N) is 1. The summed E-state index contributed by atoms with van der Waals surface area (Å²) in [7, 11) is -3.89. The molecule has 9 heteroatoms. The number of amides is 1. The van der Waals surface area contributed by atoms with Gasteiger partial charge in [-0.2, -0.15) is 0 Å². The molecular formula is C21H26N2O6S. The summed E-state index contributed by atoms with van der Waals surface area (Å²) in [5.74, 6) is 1.14. The summed E-state index contributed by atoms with van der Waals surface area (Å²) < 4.78 is 38.8. The molecule has 162 valence electrons. The van der Waals surface area contributed by atoms with Crippen molar-refractivity contribution in [3.05, 3.63) is 54.6 Å². The third kappa shape index (κ3) is 5.71. The Morgan fingerprint density at radius 2 is 1.63 bits per heavy atom. The zero-order valence-electron chi connectivity index (χ0n) is 17.1. The third-order valence-corrected chi connectivity index (χ3v) is 5.87. The number of nitrogens with zero attached hydrogens (tertiary/aromatic N) is 1. The second-order valence-corrected chi connectivity index (χ2v) is 9.78. The van der Waals surface area contributed by atoms with Gasteiger partial charge < -0.3 is 19.5 Å². The highest BCUT2D eigenvalue weighted by molar-refractivity contribution is 7.89. The van der Waals surface area contributed by atoms with Crippen molar-refractivity contribution in [2.75, 3.05) is 13.1 Å². The van der Waals surface area contributed by atoms with Gasteiger partial charge in [0.2, 0.25) is 10.0 Å². The van der Waals surface area contributed by atoms with E-state index in [1.165, 1.54) is 17.0 Å². The molecule has 30 heavy (non-hydrogen) atoms. The monoisotopic (exact) mass is 434 g/mol. The Bertz CT molecular complexity index is 971. The Morgan fingerprint density at radius 3 is 2.23 bits per heavy atom. The highest BCUT2D eigenvalue weighted by Crippen LogP contribution is 2.23. The van der Waals surface area contributed by atoms with Gasteiger partial charge in [-0.3, -0.25) is 0 Å². The van der Waals surface area contributed by atoms with Crippen LogP contribution >= 0.6 is 0 Å². The van der Waals surface area contributed by atoms with Crippen molar-refractivity contribution >= 4 is 16.1 Å². The van der Waals surface area contributed by atoms with E-state index in [0.717, 1.165) is 0 Å². The Morgan fingerprint density at radius 1 is 1.03 bits per heavy atom. The molecule has 2 atom stereocenters. The molecule has 1 aliphatic rings. The number of carbonyl (C=O) groups excluding carboxylic acids is 1. The van der Waals surface area contributed by atoms with Crippen molar-refractivity contribution in [1.29, 1.82) is 0 Å². The van der Waals surface area contributed by atoms with Gasteiger partial charge in [0, 0.05) is 6.54 Å². The lowest BCUT2D eigenvalue weighted by Gasteiger charge is -2.24. The van der Waals surface area contributed by atoms with Gasteiger partial charge in [0.05, 0.1) is 23.6 Å². The van der Waals surface area contributed by atoms with Crippen molar-refractivity contribution in [2.24, 2.45) is 0 Å². The second-order valence-electron chi connectivity index (χ2n) is 8.07. The Labute approximate surface area is 176 Å². The first-order chi connectivity index (χ1) is 14.0. The fraction of sp³-hybridized carbons (Fsp3) is 0.381. The van der Waals surface area contributed by atoms with Crippen LogP contribution in [0.15, 0.2) is 59.5 Å². The van der Waals surface area contributed by atoms with Crippen molar-refractivity contribution in [2.45, 2.75) is 43.4 Å². The van der Waals surface area contributed by atoms with Gasteiger partial charge in [0.25, 0.3) is 0 Å². The van der Waals surface area contributed by atoms with E-state index < -0.39 is 33.9 Å². The first-order valence-electron chi connectivity index (χ1n) is 9.55. The lowest BCUT2D eigenvalue weighted by molar-refractivity contribution is 0.0270. The van der Waals surface area contributed by atoms with Gasteiger partial charge in [-0.25, -0.2) is 17.9 Å². The Balaban J connectivity index is 1.64. The van der Waals surface area contributed by atoms with E-state index in [4.69, 9.17) is 9.47 Å². The normalized spacial score (nSPS) is 19.5. The van der Waals surface area contributed by atoms with Crippen LogP contribution in [-0.4, -0.2) is 55.4 Å². The molecule has 0 saturated carbocycles. The van der Waals surface area contributed by atoms with E-state index in [-0.39, 0.29) is 18.0 Å². The quantitative estimate of drug-likeness (QED) is 0.750. The van der Waals surface area contributed by atoms with Gasteiger partial charge in [0.1, 0.15) is 17.1 Å². The van der Waals surface area contributed by atoms with Crippen molar-refractivity contribution < 1.29 is 27.8 Å². The van der Waals surface area contributed by atoms with E-state index in [2.05, 4.69) is 4.72 Å². The Hall–Kier alpha value is -2.62. The van der Waals surface area contributed by atoms with E-state index in [9.17, 15) is 18.3 Å². The lowest BCUT2D eigenvalue weighted by atomic mass is 10.2. The average molecular weight is 435 g/mol. The lowest BCUT2D eigenvalue weighted by Crippen LogP contribution is -2.43. The second kappa shape index (κ2) is 8.63. The van der Waals surface area contributed by atoms with Crippen LogP contribution in [0.4, 0.5) is 4.79 Å². The Kier molecular flexibility index (Phi) is 6.35. The molecule has 1 fully saturated rings. The molecule has 0 radical (unpaired) electrons. The van der Waals surface area contributed by atoms with Gasteiger partial charge in [-0.15, -0.1) is 0 Å². The maximum atomic E-state index is 12.7. The van der Waals surface area contributed by atoms with Crippen LogP contribution in [0.2, 0.25) is 0 Å². The molecule has 1 aliphatic heterocycles. The molecule has 0 aliphatic carbocycles. The highest BCUT2D eigenvalue weighted by Gasteiger charge is 2.38. The fourth-order valence-corrected chi connectivity index (χ4v) is 4.22. The zero-order chi connectivity index (χ0) is 21.9. The molecule has 8 nitrogen and oxygen atoms in total. The molecule has 2 unspecified atom stereocenters. The first kappa shape index (κ1) is 22.1. The van der Waals surface area contributed by atoms with Gasteiger partial charge in [-0.1, -0.05) is 18.2 Å². The molecule has 2 aromatic rings. The number of carbonyl (C=O) groups is 1. The molecule has 2 N–H and O–H groups in total. The number of nitrogens with one attached hydrogen (secondary N) is 1. The number of rotatable bonds is 5. The summed E-state index contributed by atoms with van der Waals surface area (Å²) in [6, 6.07) is 14.3. The topological polar surface area (TPSA) is 105 Å². The minimum absolute atomic E-state index is 0.00798. The number of aliphatic hydroxyl groups is 1. The summed E-state index contributed by atoms with van der Waals surface area (Å²) >= 11 is 0. The maximum absolute atomic E-state index is 12.7. The molecule has 0 bridgehead atoms. The first-order valence-corrected chi connectivity index (χ1v) is 11.0. The number of hydrogen-bond acceptors (Lipinski definition) is 6. The molecule has 2 aromatic carbocycles. The van der Waals surface area contributed by atoms with Crippen LogP contribution in [0.5, 0.6) is 11.5 Å². The number of benzene rings is 2. The number of sulfonamides is 1. The van der Waals surface area contributed by atoms with E-state index in [1.54, 1.807) is 45.0 Å². The number of likely N-dealkylation sites (tertiary alicyclic amines) is 1. The largest absolute Gasteiger partial charge is 0.457 e. The molecule has 0 spiro atoms. The van der Waals surface area contributed by atoms with Crippen LogP contribution in [-0.2, 0) is 14.8 Å². The van der Waals surface area contributed by atoms with Crippen LogP contribution in [0.1, 0.15) is 20.8 Å². The maximum Gasteiger partial charge on any atom is 0.410 e. The van der Waals surface area contributed by atoms with Gasteiger partial charge in [-0.05, 0) is 57.2 Å². The number of ether oxygens (including phenoxy) is 2. The standard InChI is InChI=1S/C21H26N2O6S/c1-21(2,3)29-20(25)23-13-18(19(24)14-23)22-30(26,27)17-11-9-16(10-12-17)28-15-7-5-4-6-8-15/h4-12,18-19,22,24H,13-14H2,1-3H3. The molecule has 1 heterocycles. The summed E-state index contributed by atoms with van der Waals surface area (Å²) in [6.45, 7) is 5.23. The molecule has 1 amide bonds. The van der Waals surface area contributed by atoms with Crippen LogP contribution in [0.3, 0.4) is 0 Å². The molecular weight excluding hydrogens is 408 g/mol. The number of aliphatic hydroxyl groups excluding tert-OH is 1. The summed E-state index contributed by atoms with van der Waals surface area (Å²) in [5.41, 5.74) is -0.677. The van der Waals surface area contributed by atoms with E-state index >= 15 is 0 Å². The third-order valence-electron chi connectivity index (χ3n) is 4.36. The molecule has 0 aromatic heterocycles.